The summed E-state index contributed by atoms with van der Waals surface area (Å²) in [7, 11) is 0. The highest BCUT2D eigenvalue weighted by atomic mass is 16.4. The van der Waals surface area contributed by atoms with Crippen LogP contribution < -0.4 is 0 Å². The van der Waals surface area contributed by atoms with Gasteiger partial charge in [0.1, 0.15) is 0 Å². The van der Waals surface area contributed by atoms with E-state index in [4.69, 9.17) is 5.11 Å². The number of carboxylic acid groups (broad SMARTS) is 1. The van der Waals surface area contributed by atoms with Gasteiger partial charge in [-0.05, 0) is 18.8 Å². The molecule has 3 rings (SSSR count). The fourth-order valence-electron chi connectivity index (χ4n) is 3.15. The molecule has 2 fully saturated rings. The van der Waals surface area contributed by atoms with Crippen molar-refractivity contribution in [1.29, 1.82) is 0 Å². The van der Waals surface area contributed by atoms with E-state index in [1.54, 1.807) is 4.68 Å². The zero-order valence-electron chi connectivity index (χ0n) is 10.5. The number of hydrogen-bond acceptors (Lipinski definition) is 4. The van der Waals surface area contributed by atoms with Crippen LogP contribution in [0.4, 0.5) is 0 Å². The van der Waals surface area contributed by atoms with Gasteiger partial charge in [0.05, 0.1) is 12.2 Å². The van der Waals surface area contributed by atoms with Gasteiger partial charge >= 0.3 is 5.97 Å². The van der Waals surface area contributed by atoms with E-state index < -0.39 is 5.97 Å². The summed E-state index contributed by atoms with van der Waals surface area (Å²) in [5.74, 6) is -0.224. The van der Waals surface area contributed by atoms with E-state index in [0.29, 0.717) is 12.1 Å². The van der Waals surface area contributed by atoms with Gasteiger partial charge in [0.2, 0.25) is 0 Å². The average molecular weight is 250 g/mol. The fourth-order valence-corrected chi connectivity index (χ4v) is 3.15. The molecule has 1 aromatic heterocycles. The van der Waals surface area contributed by atoms with Gasteiger partial charge in [-0.1, -0.05) is 18.6 Å². The Labute approximate surface area is 106 Å². The van der Waals surface area contributed by atoms with E-state index in [1.807, 2.05) is 0 Å². The molecule has 0 aromatic carbocycles. The van der Waals surface area contributed by atoms with Crippen LogP contribution in [0.2, 0.25) is 0 Å². The summed E-state index contributed by atoms with van der Waals surface area (Å²) in [5, 5.41) is 16.4. The van der Waals surface area contributed by atoms with Gasteiger partial charge < -0.3 is 5.11 Å². The molecular weight excluding hydrogens is 232 g/mol. The summed E-state index contributed by atoms with van der Waals surface area (Å²) in [4.78, 5) is 13.2. The number of aromatic carboxylic acids is 1. The first-order valence-electron chi connectivity index (χ1n) is 6.54. The van der Waals surface area contributed by atoms with Crippen molar-refractivity contribution in [2.75, 3.05) is 13.1 Å². The maximum absolute atomic E-state index is 10.7. The Morgan fingerprint density at radius 2 is 2.22 bits per heavy atom. The van der Waals surface area contributed by atoms with Crippen LogP contribution in [0.25, 0.3) is 0 Å². The summed E-state index contributed by atoms with van der Waals surface area (Å²) >= 11 is 0. The highest BCUT2D eigenvalue weighted by Crippen LogP contribution is 2.34. The lowest BCUT2D eigenvalue weighted by atomic mass is 9.98. The molecule has 98 valence electrons. The van der Waals surface area contributed by atoms with Crippen LogP contribution in [-0.2, 0) is 0 Å². The van der Waals surface area contributed by atoms with Crippen molar-refractivity contribution in [3.8, 4) is 0 Å². The minimum absolute atomic E-state index is 0.0303. The molecule has 1 N–H and O–H groups in total. The second-order valence-electron chi connectivity index (χ2n) is 5.47. The van der Waals surface area contributed by atoms with Crippen LogP contribution in [-0.4, -0.2) is 50.1 Å². The van der Waals surface area contributed by atoms with Gasteiger partial charge in [-0.3, -0.25) is 4.90 Å². The normalized spacial score (nSPS) is 29.4. The first-order chi connectivity index (χ1) is 8.65. The van der Waals surface area contributed by atoms with Gasteiger partial charge in [-0.15, -0.1) is 5.10 Å². The molecule has 6 heteroatoms. The molecule has 18 heavy (non-hydrogen) atoms. The molecule has 0 radical (unpaired) electrons. The first-order valence-corrected chi connectivity index (χ1v) is 6.54. The Hall–Kier alpha value is -1.43. The Morgan fingerprint density at radius 1 is 1.44 bits per heavy atom. The molecule has 1 aliphatic carbocycles. The van der Waals surface area contributed by atoms with Crippen molar-refractivity contribution in [2.24, 2.45) is 5.92 Å². The third-order valence-electron chi connectivity index (χ3n) is 4.28. The minimum atomic E-state index is -1.01. The standard InChI is InChI=1S/C12H18N4O2/c1-8-3-2-4-11(8)15-5-9(6-15)16-7-10(12(17)18)13-14-16/h7-9,11H,2-6H2,1H3,(H,17,18). The average Bonchev–Trinajstić information content (AvgIpc) is 2.87. The highest BCUT2D eigenvalue weighted by Gasteiger charge is 2.38. The van der Waals surface area contributed by atoms with E-state index in [1.165, 1.54) is 25.5 Å². The van der Waals surface area contributed by atoms with E-state index in [0.717, 1.165) is 19.0 Å². The zero-order chi connectivity index (χ0) is 12.7. The van der Waals surface area contributed by atoms with Crippen molar-refractivity contribution < 1.29 is 9.90 Å². The molecule has 2 atom stereocenters. The lowest BCUT2D eigenvalue weighted by Crippen LogP contribution is -2.53. The highest BCUT2D eigenvalue weighted by molar-refractivity contribution is 5.84. The number of carbonyl (C=O) groups is 1. The summed E-state index contributed by atoms with van der Waals surface area (Å²) in [6.07, 6.45) is 5.49. The van der Waals surface area contributed by atoms with Gasteiger partial charge in [0.25, 0.3) is 0 Å². The first kappa shape index (κ1) is 11.6. The Morgan fingerprint density at radius 3 is 2.78 bits per heavy atom. The Bertz CT molecular complexity index is 453. The topological polar surface area (TPSA) is 71.2 Å². The second-order valence-corrected chi connectivity index (χ2v) is 5.47. The number of likely N-dealkylation sites (tertiary alicyclic amines) is 1. The summed E-state index contributed by atoms with van der Waals surface area (Å²) < 4.78 is 1.69. The number of rotatable bonds is 3. The number of nitrogens with zero attached hydrogens (tertiary/aromatic N) is 4. The number of hydrogen-bond donors (Lipinski definition) is 1. The van der Waals surface area contributed by atoms with Crippen LogP contribution in [0.3, 0.4) is 0 Å². The van der Waals surface area contributed by atoms with Crippen molar-refractivity contribution in [2.45, 2.75) is 38.3 Å². The lowest BCUT2D eigenvalue weighted by molar-refractivity contribution is 0.0381. The van der Waals surface area contributed by atoms with Crippen molar-refractivity contribution in [3.05, 3.63) is 11.9 Å². The predicted molar refractivity (Wildman–Crippen MR) is 64.4 cm³/mol. The summed E-state index contributed by atoms with van der Waals surface area (Å²) in [5.41, 5.74) is 0.0303. The lowest BCUT2D eigenvalue weighted by Gasteiger charge is -2.44. The molecule has 0 amide bonds. The van der Waals surface area contributed by atoms with Gasteiger partial charge in [0.15, 0.2) is 5.69 Å². The molecule has 0 bridgehead atoms. The van der Waals surface area contributed by atoms with Crippen molar-refractivity contribution in [1.82, 2.24) is 19.9 Å². The molecule has 2 aliphatic rings. The SMILES string of the molecule is CC1CCCC1N1CC(n2cc(C(=O)O)nn2)C1. The zero-order valence-corrected chi connectivity index (χ0v) is 10.5. The summed E-state index contributed by atoms with van der Waals surface area (Å²) in [6, 6.07) is 1.00. The van der Waals surface area contributed by atoms with Crippen LogP contribution in [0, 0.1) is 5.92 Å². The van der Waals surface area contributed by atoms with Gasteiger partial charge in [-0.2, -0.15) is 0 Å². The fraction of sp³-hybridized carbons (Fsp3) is 0.750. The number of carboxylic acids is 1. The van der Waals surface area contributed by atoms with E-state index in [2.05, 4.69) is 22.1 Å². The quantitative estimate of drug-likeness (QED) is 0.867. The third-order valence-corrected chi connectivity index (χ3v) is 4.28. The summed E-state index contributed by atoms with van der Waals surface area (Å²) in [6.45, 7) is 4.26. The number of aromatic nitrogens is 3. The molecule has 1 aromatic rings. The van der Waals surface area contributed by atoms with Gasteiger partial charge in [0, 0.05) is 19.1 Å². The smallest absolute Gasteiger partial charge is 0.358 e. The van der Waals surface area contributed by atoms with Crippen molar-refractivity contribution >= 4 is 5.97 Å². The molecule has 1 saturated heterocycles. The van der Waals surface area contributed by atoms with Crippen LogP contribution in [0.15, 0.2) is 6.20 Å². The maximum Gasteiger partial charge on any atom is 0.358 e. The molecule has 1 saturated carbocycles. The molecule has 6 nitrogen and oxygen atoms in total. The van der Waals surface area contributed by atoms with Crippen LogP contribution in [0.5, 0.6) is 0 Å². The Balaban J connectivity index is 1.59. The predicted octanol–water partition coefficient (Wildman–Crippen LogP) is 1.02. The minimum Gasteiger partial charge on any atom is -0.476 e. The van der Waals surface area contributed by atoms with Gasteiger partial charge in [-0.25, -0.2) is 9.48 Å². The van der Waals surface area contributed by atoms with E-state index in [9.17, 15) is 4.79 Å². The van der Waals surface area contributed by atoms with Crippen molar-refractivity contribution in [3.63, 3.8) is 0 Å². The van der Waals surface area contributed by atoms with E-state index in [-0.39, 0.29) is 5.69 Å². The maximum atomic E-state index is 10.7. The second kappa shape index (κ2) is 4.35. The largest absolute Gasteiger partial charge is 0.476 e. The van der Waals surface area contributed by atoms with E-state index >= 15 is 0 Å². The third kappa shape index (κ3) is 1.90. The molecular formula is C12H18N4O2. The molecule has 2 unspecified atom stereocenters. The Kier molecular flexibility index (Phi) is 2.81. The van der Waals surface area contributed by atoms with Crippen LogP contribution >= 0.6 is 0 Å². The molecule has 2 heterocycles. The molecule has 1 aliphatic heterocycles. The molecule has 0 spiro atoms. The monoisotopic (exact) mass is 250 g/mol. The van der Waals surface area contributed by atoms with Crippen LogP contribution in [0.1, 0.15) is 42.7 Å².